The molecular formula is C20H24ClFN4O. The van der Waals surface area contributed by atoms with Gasteiger partial charge in [0, 0.05) is 24.1 Å². The highest BCUT2D eigenvalue weighted by molar-refractivity contribution is 6.33. The second kappa shape index (κ2) is 7.56. The first-order chi connectivity index (χ1) is 12.2. The number of fused-ring (bicyclic) bond motifs is 1. The zero-order valence-corrected chi connectivity index (χ0v) is 15.3. The lowest BCUT2D eigenvalue weighted by Gasteiger charge is -2.40. The molecule has 0 saturated heterocycles. The zero-order valence-electron chi connectivity index (χ0n) is 14.6. The Balaban J connectivity index is 0.00000261. The third kappa shape index (κ3) is 4.06. The van der Waals surface area contributed by atoms with Gasteiger partial charge in [0.25, 0.3) is 0 Å². The van der Waals surface area contributed by atoms with Crippen molar-refractivity contribution in [3.63, 3.8) is 0 Å². The van der Waals surface area contributed by atoms with Crippen molar-refractivity contribution in [1.82, 2.24) is 4.90 Å². The molecule has 1 aliphatic heterocycles. The molecule has 0 fully saturated rings. The topological polar surface area (TPSA) is 84.7 Å². The normalized spacial score (nSPS) is 14.7. The van der Waals surface area contributed by atoms with Gasteiger partial charge in [0.05, 0.1) is 5.02 Å². The minimum atomic E-state index is -0.483. The molecule has 4 N–H and O–H groups in total. The van der Waals surface area contributed by atoms with Crippen LogP contribution in [-0.2, 0) is 12.0 Å². The number of hydrogen-bond acceptors (Lipinski definition) is 1. The molecule has 144 valence electrons. The van der Waals surface area contributed by atoms with E-state index in [1.807, 2.05) is 18.2 Å². The maximum absolute atomic E-state index is 13.4. The van der Waals surface area contributed by atoms with E-state index in [2.05, 4.69) is 18.8 Å². The highest BCUT2D eigenvalue weighted by Gasteiger charge is 2.35. The van der Waals surface area contributed by atoms with Crippen LogP contribution in [-0.4, -0.2) is 23.4 Å². The number of carbonyl (C=O) groups is 1. The Morgan fingerprint density at radius 1 is 1.22 bits per heavy atom. The fourth-order valence-electron chi connectivity index (χ4n) is 3.48. The Morgan fingerprint density at radius 2 is 1.93 bits per heavy atom. The molecule has 0 radical (unpaired) electrons. The van der Waals surface area contributed by atoms with Crippen LogP contribution in [0.2, 0.25) is 5.02 Å². The van der Waals surface area contributed by atoms with Gasteiger partial charge in [0.15, 0.2) is 5.96 Å². The molecule has 0 unspecified atom stereocenters. The van der Waals surface area contributed by atoms with Crippen LogP contribution in [0.5, 0.6) is 0 Å². The SMILES string of the molecule is C.CC1(C)CN(C(=O)N=C(N)N)Cc2c(-c3ccc(F)cc3Cl)cccc21. The summed E-state index contributed by atoms with van der Waals surface area (Å²) in [4.78, 5) is 17.6. The third-order valence-electron chi connectivity index (χ3n) is 4.56. The maximum atomic E-state index is 13.4. The van der Waals surface area contributed by atoms with E-state index < -0.39 is 11.8 Å². The van der Waals surface area contributed by atoms with Gasteiger partial charge in [-0.3, -0.25) is 0 Å². The van der Waals surface area contributed by atoms with Gasteiger partial charge in [0.1, 0.15) is 5.82 Å². The minimum Gasteiger partial charge on any atom is -0.370 e. The first kappa shape index (κ1) is 20.7. The van der Waals surface area contributed by atoms with Crippen molar-refractivity contribution < 1.29 is 9.18 Å². The van der Waals surface area contributed by atoms with Gasteiger partial charge in [-0.05, 0) is 34.9 Å². The number of nitrogens with zero attached hydrogens (tertiary/aromatic N) is 2. The highest BCUT2D eigenvalue weighted by atomic mass is 35.5. The molecule has 0 atom stereocenters. The molecule has 0 saturated carbocycles. The molecule has 7 heteroatoms. The van der Waals surface area contributed by atoms with Crippen molar-refractivity contribution in [2.75, 3.05) is 6.54 Å². The van der Waals surface area contributed by atoms with E-state index in [-0.39, 0.29) is 18.8 Å². The molecule has 0 bridgehead atoms. The standard InChI is InChI=1S/C19H20ClFN4O.CH4/c1-19(2)10-25(18(26)24-17(22)23)9-14-12(4-3-5-15(14)19)13-7-6-11(21)8-16(13)20;/h3-8H,9-10H2,1-2H3,(H4,22,23,24,26);1H4. The summed E-state index contributed by atoms with van der Waals surface area (Å²) in [5, 5.41) is 0.323. The number of rotatable bonds is 1. The van der Waals surface area contributed by atoms with E-state index in [1.165, 1.54) is 12.1 Å². The summed E-state index contributed by atoms with van der Waals surface area (Å²) in [6.07, 6.45) is 0. The Bertz CT molecular complexity index is 907. The van der Waals surface area contributed by atoms with E-state index in [0.29, 0.717) is 18.1 Å². The number of guanidine groups is 1. The van der Waals surface area contributed by atoms with Crippen molar-refractivity contribution in [2.24, 2.45) is 16.5 Å². The van der Waals surface area contributed by atoms with Crippen molar-refractivity contribution in [3.8, 4) is 11.1 Å². The zero-order chi connectivity index (χ0) is 19.1. The fraction of sp³-hybridized carbons (Fsp3) is 0.300. The molecular weight excluding hydrogens is 367 g/mol. The van der Waals surface area contributed by atoms with E-state index >= 15 is 0 Å². The van der Waals surface area contributed by atoms with Crippen molar-refractivity contribution in [1.29, 1.82) is 0 Å². The number of amides is 2. The first-order valence-corrected chi connectivity index (χ1v) is 8.53. The molecule has 0 aliphatic carbocycles. The average molecular weight is 391 g/mol. The van der Waals surface area contributed by atoms with Crippen LogP contribution in [0.15, 0.2) is 41.4 Å². The summed E-state index contributed by atoms with van der Waals surface area (Å²) < 4.78 is 13.4. The second-order valence-electron chi connectivity index (χ2n) is 7.02. The lowest BCUT2D eigenvalue weighted by Crippen LogP contribution is -2.45. The molecule has 5 nitrogen and oxygen atoms in total. The van der Waals surface area contributed by atoms with Gasteiger partial charge in [-0.1, -0.05) is 51.1 Å². The molecule has 1 heterocycles. The van der Waals surface area contributed by atoms with E-state index in [9.17, 15) is 9.18 Å². The number of halogens is 2. The highest BCUT2D eigenvalue weighted by Crippen LogP contribution is 2.40. The molecule has 2 aromatic rings. The summed E-state index contributed by atoms with van der Waals surface area (Å²) in [6, 6.07) is 9.73. The lowest BCUT2D eigenvalue weighted by molar-refractivity contribution is 0.183. The van der Waals surface area contributed by atoms with Crippen LogP contribution < -0.4 is 11.5 Å². The van der Waals surface area contributed by atoms with Crippen LogP contribution >= 0.6 is 11.6 Å². The number of aliphatic imine (C=N–C) groups is 1. The average Bonchev–Trinajstić information content (AvgIpc) is 2.53. The van der Waals surface area contributed by atoms with Gasteiger partial charge in [0.2, 0.25) is 0 Å². The van der Waals surface area contributed by atoms with Crippen LogP contribution in [0.4, 0.5) is 9.18 Å². The Kier molecular flexibility index (Phi) is 5.80. The first-order valence-electron chi connectivity index (χ1n) is 8.15. The van der Waals surface area contributed by atoms with Gasteiger partial charge in [-0.15, -0.1) is 0 Å². The fourth-order valence-corrected chi connectivity index (χ4v) is 3.75. The monoisotopic (exact) mass is 390 g/mol. The maximum Gasteiger partial charge on any atom is 0.347 e. The summed E-state index contributed by atoms with van der Waals surface area (Å²) in [7, 11) is 0. The van der Waals surface area contributed by atoms with E-state index in [1.54, 1.807) is 11.0 Å². The molecule has 2 amide bonds. The number of nitrogens with two attached hydrogens (primary N) is 2. The van der Waals surface area contributed by atoms with Crippen LogP contribution in [0.3, 0.4) is 0 Å². The van der Waals surface area contributed by atoms with Crippen molar-refractivity contribution >= 4 is 23.6 Å². The Labute approximate surface area is 163 Å². The predicted molar refractivity (Wildman–Crippen MR) is 108 cm³/mol. The lowest BCUT2D eigenvalue weighted by atomic mass is 9.76. The van der Waals surface area contributed by atoms with Gasteiger partial charge in [-0.25, -0.2) is 9.18 Å². The number of carbonyl (C=O) groups excluding carboxylic acids is 1. The molecule has 0 aromatic heterocycles. The van der Waals surface area contributed by atoms with Gasteiger partial charge < -0.3 is 16.4 Å². The predicted octanol–water partition coefficient (Wildman–Crippen LogP) is 4.27. The third-order valence-corrected chi connectivity index (χ3v) is 4.87. The van der Waals surface area contributed by atoms with Gasteiger partial charge >= 0.3 is 6.03 Å². The van der Waals surface area contributed by atoms with E-state index in [0.717, 1.165) is 22.3 Å². The van der Waals surface area contributed by atoms with Crippen molar-refractivity contribution in [3.05, 3.63) is 58.4 Å². The summed E-state index contributed by atoms with van der Waals surface area (Å²) in [5.74, 6) is -0.665. The summed E-state index contributed by atoms with van der Waals surface area (Å²) in [5.41, 5.74) is 14.0. The van der Waals surface area contributed by atoms with E-state index in [4.69, 9.17) is 23.1 Å². The quantitative estimate of drug-likeness (QED) is 0.563. The molecule has 0 spiro atoms. The number of hydrogen-bond donors (Lipinski definition) is 2. The van der Waals surface area contributed by atoms with Gasteiger partial charge in [-0.2, -0.15) is 4.99 Å². The minimum absolute atomic E-state index is 0. The van der Waals surface area contributed by atoms with Crippen LogP contribution in [0.1, 0.15) is 32.4 Å². The number of benzene rings is 2. The molecule has 3 rings (SSSR count). The largest absolute Gasteiger partial charge is 0.370 e. The molecule has 1 aliphatic rings. The van der Waals surface area contributed by atoms with Crippen molar-refractivity contribution in [2.45, 2.75) is 33.2 Å². The summed E-state index contributed by atoms with van der Waals surface area (Å²) in [6.45, 7) is 4.93. The number of urea groups is 1. The Morgan fingerprint density at radius 3 is 2.56 bits per heavy atom. The van der Waals surface area contributed by atoms with Crippen LogP contribution in [0.25, 0.3) is 11.1 Å². The smallest absolute Gasteiger partial charge is 0.347 e. The molecule has 2 aromatic carbocycles. The van der Waals surface area contributed by atoms with Crippen LogP contribution in [0, 0.1) is 5.82 Å². The summed E-state index contributed by atoms with van der Waals surface area (Å²) >= 11 is 6.27. The second-order valence-corrected chi connectivity index (χ2v) is 7.42. The molecule has 27 heavy (non-hydrogen) atoms. The Hall–Kier alpha value is -2.60.